The number of rotatable bonds is 5. The van der Waals surface area contributed by atoms with Gasteiger partial charge in [-0.1, -0.05) is 43.0 Å². The van der Waals surface area contributed by atoms with Gasteiger partial charge in [-0.05, 0) is 49.4 Å². The average Bonchev–Trinajstić information content (AvgIpc) is 2.43. The molecule has 2 nitrogen and oxygen atoms in total. The lowest BCUT2D eigenvalue weighted by Crippen LogP contribution is -2.29. The van der Waals surface area contributed by atoms with Crippen molar-refractivity contribution in [3.8, 4) is 0 Å². The third kappa shape index (κ3) is 4.63. The lowest BCUT2D eigenvalue weighted by atomic mass is 9.83. The number of benzene rings is 1. The van der Waals surface area contributed by atoms with Crippen LogP contribution in [0.1, 0.15) is 44.3 Å². The first kappa shape index (κ1) is 16.1. The summed E-state index contributed by atoms with van der Waals surface area (Å²) in [5, 5.41) is 14.7. The van der Waals surface area contributed by atoms with Gasteiger partial charge in [0, 0.05) is 22.2 Å². The highest BCUT2D eigenvalue weighted by Gasteiger charge is 2.18. The lowest BCUT2D eigenvalue weighted by molar-refractivity contribution is 0.169. The highest BCUT2D eigenvalue weighted by Crippen LogP contribution is 2.28. The predicted octanol–water partition coefficient (Wildman–Crippen LogP) is 4.44. The van der Waals surface area contributed by atoms with E-state index in [1.165, 1.54) is 25.7 Å². The topological polar surface area (TPSA) is 32.3 Å². The molecule has 1 aliphatic rings. The first-order valence-electron chi connectivity index (χ1n) is 7.40. The zero-order chi connectivity index (χ0) is 14.5. The van der Waals surface area contributed by atoms with Crippen molar-refractivity contribution in [3.63, 3.8) is 0 Å². The van der Waals surface area contributed by atoms with Crippen LogP contribution in [0.4, 0.5) is 0 Å². The van der Waals surface area contributed by atoms with Gasteiger partial charge in [-0.25, -0.2) is 0 Å². The normalized spacial score (nSPS) is 24.6. The summed E-state index contributed by atoms with van der Waals surface area (Å²) < 4.78 is 0. The molecule has 1 saturated carbocycles. The van der Waals surface area contributed by atoms with Crippen LogP contribution >= 0.6 is 23.2 Å². The number of aliphatic hydroxyl groups is 1. The molecule has 0 saturated heterocycles. The van der Waals surface area contributed by atoms with Crippen molar-refractivity contribution in [2.45, 2.75) is 38.7 Å². The Labute approximate surface area is 131 Å². The smallest absolute Gasteiger partial charge is 0.0929 e. The fourth-order valence-electron chi connectivity index (χ4n) is 2.84. The highest BCUT2D eigenvalue weighted by atomic mass is 35.5. The quantitative estimate of drug-likeness (QED) is 0.841. The van der Waals surface area contributed by atoms with E-state index < -0.39 is 6.10 Å². The molecule has 1 fully saturated rings. The third-order valence-electron chi connectivity index (χ3n) is 4.22. The van der Waals surface area contributed by atoms with E-state index in [2.05, 4.69) is 12.2 Å². The number of aliphatic hydroxyl groups excluding tert-OH is 1. The van der Waals surface area contributed by atoms with Crippen molar-refractivity contribution in [2.75, 3.05) is 13.1 Å². The molecule has 0 aromatic heterocycles. The van der Waals surface area contributed by atoms with E-state index in [0.717, 1.165) is 18.4 Å². The molecule has 1 atom stereocenters. The van der Waals surface area contributed by atoms with E-state index in [1.54, 1.807) is 18.2 Å². The maximum Gasteiger partial charge on any atom is 0.0929 e. The molecule has 0 bridgehead atoms. The first-order valence-corrected chi connectivity index (χ1v) is 8.15. The predicted molar refractivity (Wildman–Crippen MR) is 85.4 cm³/mol. The Balaban J connectivity index is 1.77. The summed E-state index contributed by atoms with van der Waals surface area (Å²) >= 11 is 12.0. The van der Waals surface area contributed by atoms with Crippen LogP contribution in [-0.2, 0) is 0 Å². The molecule has 2 N–H and O–H groups in total. The molecule has 0 amide bonds. The van der Waals surface area contributed by atoms with Crippen LogP contribution in [0.15, 0.2) is 18.2 Å². The average molecular weight is 316 g/mol. The van der Waals surface area contributed by atoms with Crippen LogP contribution in [0.5, 0.6) is 0 Å². The summed E-state index contributed by atoms with van der Waals surface area (Å²) in [4.78, 5) is 0. The first-order chi connectivity index (χ1) is 9.56. The zero-order valence-electron chi connectivity index (χ0n) is 11.9. The van der Waals surface area contributed by atoms with Crippen molar-refractivity contribution in [1.29, 1.82) is 0 Å². The largest absolute Gasteiger partial charge is 0.387 e. The maximum absolute atomic E-state index is 10.2. The summed E-state index contributed by atoms with van der Waals surface area (Å²) in [6.45, 7) is 3.82. The zero-order valence-corrected chi connectivity index (χ0v) is 13.4. The van der Waals surface area contributed by atoms with Crippen LogP contribution < -0.4 is 5.32 Å². The van der Waals surface area contributed by atoms with Gasteiger partial charge in [0.1, 0.15) is 0 Å². The number of hydrogen-bond donors (Lipinski definition) is 2. The molecule has 2 rings (SSSR count). The Bertz CT molecular complexity index is 430. The van der Waals surface area contributed by atoms with Crippen molar-refractivity contribution in [2.24, 2.45) is 11.8 Å². The lowest BCUT2D eigenvalue weighted by Gasteiger charge is -2.26. The fourth-order valence-corrected chi connectivity index (χ4v) is 3.26. The molecule has 1 aromatic rings. The summed E-state index contributed by atoms with van der Waals surface area (Å²) in [5.74, 6) is 1.62. The van der Waals surface area contributed by atoms with Crippen LogP contribution in [0.3, 0.4) is 0 Å². The summed E-state index contributed by atoms with van der Waals surface area (Å²) in [7, 11) is 0. The molecule has 20 heavy (non-hydrogen) atoms. The van der Waals surface area contributed by atoms with Crippen molar-refractivity contribution in [3.05, 3.63) is 33.8 Å². The van der Waals surface area contributed by atoms with Crippen LogP contribution in [0.25, 0.3) is 0 Å². The molecule has 1 unspecified atom stereocenters. The van der Waals surface area contributed by atoms with Crippen LogP contribution in [0, 0.1) is 11.8 Å². The Kier molecular flexibility index (Phi) is 6.16. The SMILES string of the molecule is CC1CCC(CNCC(O)c2cc(Cl)ccc2Cl)CC1. The molecule has 112 valence electrons. The van der Waals surface area contributed by atoms with Gasteiger partial charge < -0.3 is 10.4 Å². The Morgan fingerprint density at radius 3 is 2.65 bits per heavy atom. The highest BCUT2D eigenvalue weighted by molar-refractivity contribution is 6.33. The van der Waals surface area contributed by atoms with Gasteiger partial charge >= 0.3 is 0 Å². The Hall–Kier alpha value is -0.280. The number of halogens is 2. The molecule has 0 spiro atoms. The van der Waals surface area contributed by atoms with Gasteiger partial charge in [-0.2, -0.15) is 0 Å². The summed E-state index contributed by atoms with van der Waals surface area (Å²) in [5.41, 5.74) is 0.698. The number of hydrogen-bond acceptors (Lipinski definition) is 2. The Morgan fingerprint density at radius 1 is 1.25 bits per heavy atom. The standard InChI is InChI=1S/C16H23Cl2NO/c1-11-2-4-12(5-3-11)9-19-10-16(20)14-8-13(17)6-7-15(14)18/h6-8,11-12,16,19-20H,2-5,9-10H2,1H3. The minimum Gasteiger partial charge on any atom is -0.387 e. The van der Waals surface area contributed by atoms with Gasteiger partial charge in [-0.15, -0.1) is 0 Å². The van der Waals surface area contributed by atoms with E-state index in [-0.39, 0.29) is 0 Å². The van der Waals surface area contributed by atoms with Gasteiger partial charge in [0.2, 0.25) is 0 Å². The van der Waals surface area contributed by atoms with Gasteiger partial charge in [0.25, 0.3) is 0 Å². The number of nitrogens with one attached hydrogen (secondary N) is 1. The van der Waals surface area contributed by atoms with Crippen LogP contribution in [-0.4, -0.2) is 18.2 Å². The molecular weight excluding hydrogens is 293 g/mol. The van der Waals surface area contributed by atoms with E-state index in [4.69, 9.17) is 23.2 Å². The molecule has 0 aliphatic heterocycles. The minimum absolute atomic E-state index is 0.520. The second kappa shape index (κ2) is 7.65. The van der Waals surface area contributed by atoms with Gasteiger partial charge in [0.05, 0.1) is 6.10 Å². The molecule has 1 aliphatic carbocycles. The van der Waals surface area contributed by atoms with E-state index in [1.807, 2.05) is 0 Å². The molecular formula is C16H23Cl2NO. The van der Waals surface area contributed by atoms with E-state index >= 15 is 0 Å². The summed E-state index contributed by atoms with van der Waals surface area (Å²) in [6.07, 6.45) is 4.64. The second-order valence-electron chi connectivity index (χ2n) is 5.97. The molecule has 0 radical (unpaired) electrons. The Morgan fingerprint density at radius 2 is 1.95 bits per heavy atom. The van der Waals surface area contributed by atoms with Crippen molar-refractivity contribution < 1.29 is 5.11 Å². The van der Waals surface area contributed by atoms with Crippen molar-refractivity contribution in [1.82, 2.24) is 5.32 Å². The second-order valence-corrected chi connectivity index (χ2v) is 6.81. The maximum atomic E-state index is 10.2. The van der Waals surface area contributed by atoms with Crippen LogP contribution in [0.2, 0.25) is 10.0 Å². The van der Waals surface area contributed by atoms with Crippen molar-refractivity contribution >= 4 is 23.2 Å². The van der Waals surface area contributed by atoms with Gasteiger partial charge in [0.15, 0.2) is 0 Å². The van der Waals surface area contributed by atoms with Gasteiger partial charge in [-0.3, -0.25) is 0 Å². The minimum atomic E-state index is -0.608. The fraction of sp³-hybridized carbons (Fsp3) is 0.625. The molecule has 4 heteroatoms. The molecule has 1 aromatic carbocycles. The van der Waals surface area contributed by atoms with E-state index in [0.29, 0.717) is 22.2 Å². The van der Waals surface area contributed by atoms with E-state index in [9.17, 15) is 5.11 Å². The monoisotopic (exact) mass is 315 g/mol. The molecule has 0 heterocycles. The summed E-state index contributed by atoms with van der Waals surface area (Å²) in [6, 6.07) is 5.19. The third-order valence-corrected chi connectivity index (χ3v) is 4.80.